The van der Waals surface area contributed by atoms with E-state index in [4.69, 9.17) is 4.84 Å². The minimum absolute atomic E-state index is 0.112. The number of amides is 1. The van der Waals surface area contributed by atoms with E-state index < -0.39 is 15.9 Å². The molecule has 0 saturated carbocycles. The van der Waals surface area contributed by atoms with E-state index in [-0.39, 0.29) is 11.5 Å². The maximum absolute atomic E-state index is 11.9. The molecule has 0 aliphatic rings. The molecule has 0 aliphatic heterocycles. The first kappa shape index (κ1) is 17.1. The molecule has 1 amide bonds. The summed E-state index contributed by atoms with van der Waals surface area (Å²) in [6.07, 6.45) is 0. The molecule has 2 N–H and O–H groups in total. The van der Waals surface area contributed by atoms with Crippen LogP contribution in [0, 0.1) is 0 Å². The number of hydroxylamine groups is 1. The van der Waals surface area contributed by atoms with Crippen molar-refractivity contribution in [1.82, 2.24) is 10.2 Å². The fourth-order valence-electron chi connectivity index (χ4n) is 1.88. The lowest BCUT2D eigenvalue weighted by atomic mass is 10.2. The van der Waals surface area contributed by atoms with Crippen molar-refractivity contribution in [2.45, 2.75) is 18.4 Å². The van der Waals surface area contributed by atoms with Gasteiger partial charge in [0.1, 0.15) is 0 Å². The van der Waals surface area contributed by atoms with Crippen LogP contribution in [-0.4, -0.2) is 20.9 Å². The summed E-state index contributed by atoms with van der Waals surface area (Å²) in [6, 6.07) is 15.0. The van der Waals surface area contributed by atoms with Crippen LogP contribution >= 0.6 is 0 Å². The van der Waals surface area contributed by atoms with Crippen molar-refractivity contribution in [2.24, 2.45) is 0 Å². The van der Waals surface area contributed by atoms with E-state index >= 15 is 0 Å². The molecule has 0 unspecified atom stereocenters. The molecule has 0 heterocycles. The second-order valence-electron chi connectivity index (χ2n) is 4.73. The number of benzene rings is 2. The average Bonchev–Trinajstić information content (AvgIpc) is 2.56. The first-order chi connectivity index (χ1) is 11.0. The molecule has 0 fully saturated rings. The molecule has 23 heavy (non-hydrogen) atoms. The van der Waals surface area contributed by atoms with Crippen molar-refractivity contribution in [1.29, 1.82) is 0 Å². The third-order valence-electron chi connectivity index (χ3n) is 3.01. The van der Waals surface area contributed by atoms with E-state index in [0.29, 0.717) is 12.1 Å². The van der Waals surface area contributed by atoms with Gasteiger partial charge in [0.25, 0.3) is 5.91 Å². The molecule has 2 aromatic carbocycles. The zero-order valence-electron chi connectivity index (χ0n) is 12.7. The third kappa shape index (κ3) is 4.88. The van der Waals surface area contributed by atoms with Crippen LogP contribution in [-0.2, 0) is 21.5 Å². The molecule has 0 atom stereocenters. The number of rotatable bonds is 7. The van der Waals surface area contributed by atoms with Gasteiger partial charge in [-0.1, -0.05) is 37.3 Å². The number of sulfonamides is 1. The molecule has 0 radical (unpaired) electrons. The maximum atomic E-state index is 11.9. The first-order valence-electron chi connectivity index (χ1n) is 7.08. The summed E-state index contributed by atoms with van der Waals surface area (Å²) in [6.45, 7) is 2.25. The van der Waals surface area contributed by atoms with Crippen LogP contribution in [0.25, 0.3) is 0 Å². The predicted octanol–water partition coefficient (Wildman–Crippen LogP) is 1.85. The normalized spacial score (nSPS) is 11.2. The van der Waals surface area contributed by atoms with Crippen LogP contribution in [0.3, 0.4) is 0 Å². The molecule has 0 aliphatic carbocycles. The molecule has 0 aromatic heterocycles. The summed E-state index contributed by atoms with van der Waals surface area (Å²) in [5, 5.41) is 0. The molecule has 6 nitrogen and oxygen atoms in total. The molecule has 0 spiro atoms. The SMILES string of the molecule is CCNS(=O)(=O)c1ccc(C(=O)NOCc2ccccc2)cc1. The van der Waals surface area contributed by atoms with Gasteiger partial charge in [0.05, 0.1) is 11.5 Å². The van der Waals surface area contributed by atoms with Crippen molar-refractivity contribution in [3.05, 3.63) is 65.7 Å². The summed E-state index contributed by atoms with van der Waals surface area (Å²) in [5.74, 6) is -0.437. The molecule has 7 heteroatoms. The first-order valence-corrected chi connectivity index (χ1v) is 8.57. The Morgan fingerprint density at radius 2 is 1.70 bits per heavy atom. The van der Waals surface area contributed by atoms with E-state index in [1.807, 2.05) is 30.3 Å². The quantitative estimate of drug-likeness (QED) is 0.757. The van der Waals surface area contributed by atoms with Crippen LogP contribution in [0.1, 0.15) is 22.8 Å². The summed E-state index contributed by atoms with van der Waals surface area (Å²) >= 11 is 0. The standard InChI is InChI=1S/C16H18N2O4S/c1-2-17-23(20,21)15-10-8-14(9-11-15)16(19)18-22-12-13-6-4-3-5-7-13/h3-11,17H,2,12H2,1H3,(H,18,19). The van der Waals surface area contributed by atoms with Gasteiger partial charge in [-0.2, -0.15) is 0 Å². The highest BCUT2D eigenvalue weighted by atomic mass is 32.2. The Kier molecular flexibility index (Phi) is 5.86. The zero-order valence-corrected chi connectivity index (χ0v) is 13.5. The van der Waals surface area contributed by atoms with Crippen molar-refractivity contribution >= 4 is 15.9 Å². The summed E-state index contributed by atoms with van der Waals surface area (Å²) in [7, 11) is -3.52. The molecule has 2 rings (SSSR count). The highest BCUT2D eigenvalue weighted by molar-refractivity contribution is 7.89. The summed E-state index contributed by atoms with van der Waals surface area (Å²) < 4.78 is 26.0. The van der Waals surface area contributed by atoms with Gasteiger partial charge in [0.15, 0.2) is 0 Å². The number of nitrogens with one attached hydrogen (secondary N) is 2. The number of carbonyl (C=O) groups excluding carboxylic acids is 1. The monoisotopic (exact) mass is 334 g/mol. The second-order valence-corrected chi connectivity index (χ2v) is 6.50. The fraction of sp³-hybridized carbons (Fsp3) is 0.188. The van der Waals surface area contributed by atoms with Gasteiger partial charge in [-0.25, -0.2) is 18.6 Å². The summed E-state index contributed by atoms with van der Waals surface area (Å²) in [4.78, 5) is 17.2. The second kappa shape index (κ2) is 7.87. The van der Waals surface area contributed by atoms with Crippen LogP contribution in [0.5, 0.6) is 0 Å². The molecule has 122 valence electrons. The van der Waals surface area contributed by atoms with E-state index in [1.165, 1.54) is 24.3 Å². The van der Waals surface area contributed by atoms with Crippen LogP contribution in [0.15, 0.2) is 59.5 Å². The van der Waals surface area contributed by atoms with Crippen molar-refractivity contribution < 1.29 is 18.0 Å². The Labute approximate surface area is 135 Å². The number of carbonyl (C=O) groups is 1. The largest absolute Gasteiger partial charge is 0.274 e. The Bertz CT molecular complexity index is 743. The lowest BCUT2D eigenvalue weighted by Crippen LogP contribution is -2.25. The van der Waals surface area contributed by atoms with E-state index in [1.54, 1.807) is 6.92 Å². The minimum Gasteiger partial charge on any atom is -0.269 e. The van der Waals surface area contributed by atoms with Crippen LogP contribution in [0.4, 0.5) is 0 Å². The van der Waals surface area contributed by atoms with Crippen LogP contribution < -0.4 is 10.2 Å². The van der Waals surface area contributed by atoms with Gasteiger partial charge >= 0.3 is 0 Å². The number of hydrogen-bond donors (Lipinski definition) is 2. The Hall–Kier alpha value is -2.22. The van der Waals surface area contributed by atoms with Gasteiger partial charge in [0, 0.05) is 12.1 Å². The van der Waals surface area contributed by atoms with E-state index in [0.717, 1.165) is 5.56 Å². The molecular formula is C16H18N2O4S. The number of hydrogen-bond acceptors (Lipinski definition) is 4. The average molecular weight is 334 g/mol. The fourth-order valence-corrected chi connectivity index (χ4v) is 2.92. The zero-order chi connectivity index (χ0) is 16.7. The lowest BCUT2D eigenvalue weighted by Gasteiger charge is -2.07. The van der Waals surface area contributed by atoms with E-state index in [2.05, 4.69) is 10.2 Å². The van der Waals surface area contributed by atoms with Crippen LogP contribution in [0.2, 0.25) is 0 Å². The maximum Gasteiger partial charge on any atom is 0.274 e. The highest BCUT2D eigenvalue weighted by Crippen LogP contribution is 2.10. The predicted molar refractivity (Wildman–Crippen MR) is 86.0 cm³/mol. The smallest absolute Gasteiger partial charge is 0.269 e. The Morgan fingerprint density at radius 3 is 2.30 bits per heavy atom. The van der Waals surface area contributed by atoms with Gasteiger partial charge in [0.2, 0.25) is 10.0 Å². The van der Waals surface area contributed by atoms with Crippen molar-refractivity contribution in [3.63, 3.8) is 0 Å². The topological polar surface area (TPSA) is 84.5 Å². The third-order valence-corrected chi connectivity index (χ3v) is 4.57. The van der Waals surface area contributed by atoms with E-state index in [9.17, 15) is 13.2 Å². The van der Waals surface area contributed by atoms with Gasteiger partial charge in [-0.05, 0) is 29.8 Å². The summed E-state index contributed by atoms with van der Waals surface area (Å²) in [5.41, 5.74) is 3.57. The van der Waals surface area contributed by atoms with Gasteiger partial charge in [-0.3, -0.25) is 9.63 Å². The lowest BCUT2D eigenvalue weighted by molar-refractivity contribution is 0.0233. The van der Waals surface area contributed by atoms with Gasteiger partial charge < -0.3 is 0 Å². The Balaban J connectivity index is 1.93. The van der Waals surface area contributed by atoms with Crippen molar-refractivity contribution in [2.75, 3.05) is 6.54 Å². The molecular weight excluding hydrogens is 316 g/mol. The molecule has 0 bridgehead atoms. The minimum atomic E-state index is -3.52. The highest BCUT2D eigenvalue weighted by Gasteiger charge is 2.13. The van der Waals surface area contributed by atoms with Gasteiger partial charge in [-0.15, -0.1) is 0 Å². The van der Waals surface area contributed by atoms with Crippen molar-refractivity contribution in [3.8, 4) is 0 Å². The molecule has 2 aromatic rings. The Morgan fingerprint density at radius 1 is 1.04 bits per heavy atom. The molecule has 0 saturated heterocycles.